The summed E-state index contributed by atoms with van der Waals surface area (Å²) in [7, 11) is 0. The molecule has 0 aliphatic carbocycles. The van der Waals surface area contributed by atoms with Gasteiger partial charge in [-0.2, -0.15) is 0 Å². The third-order valence-corrected chi connectivity index (χ3v) is 3.47. The van der Waals surface area contributed by atoms with Crippen LogP contribution in [0.4, 0.5) is 0 Å². The molecule has 0 aromatic heterocycles. The first-order valence-corrected chi connectivity index (χ1v) is 7.57. The summed E-state index contributed by atoms with van der Waals surface area (Å²) in [5.74, 6) is -2.90. The zero-order chi connectivity index (χ0) is 19.3. The first-order chi connectivity index (χ1) is 12.4. The Balaban J connectivity index is 2.84. The van der Waals surface area contributed by atoms with Gasteiger partial charge >= 0.3 is 17.9 Å². The van der Waals surface area contributed by atoms with Gasteiger partial charge in [-0.15, -0.1) is 0 Å². The van der Waals surface area contributed by atoms with Gasteiger partial charge in [0, 0.05) is 29.0 Å². The molecule has 0 aliphatic heterocycles. The summed E-state index contributed by atoms with van der Waals surface area (Å²) in [6.07, 6.45) is 2.79. The first kappa shape index (κ1) is 19.0. The summed E-state index contributed by atoms with van der Waals surface area (Å²) in [4.78, 5) is 35.0. The van der Waals surface area contributed by atoms with Gasteiger partial charge < -0.3 is 14.2 Å². The number of halogens is 1. The van der Waals surface area contributed by atoms with Crippen LogP contribution in [0.1, 0.15) is 0 Å². The second kappa shape index (κ2) is 8.13. The lowest BCUT2D eigenvalue weighted by Gasteiger charge is -2.17. The molecule has 0 aliphatic rings. The molecule has 0 saturated heterocycles. The van der Waals surface area contributed by atoms with Crippen LogP contribution >= 0.6 is 11.6 Å². The van der Waals surface area contributed by atoms with Gasteiger partial charge in [0.05, 0.1) is 0 Å². The summed E-state index contributed by atoms with van der Waals surface area (Å²) < 4.78 is 15.5. The fraction of sp³-hybridized carbons (Fsp3) is 0. The lowest BCUT2D eigenvalue weighted by atomic mass is 10.1. The average Bonchev–Trinajstić information content (AvgIpc) is 2.66. The molecule has 0 fully saturated rings. The molecule has 6 nitrogen and oxygen atoms in total. The van der Waals surface area contributed by atoms with E-state index in [4.69, 9.17) is 25.8 Å². The van der Waals surface area contributed by atoms with Crippen molar-refractivity contribution in [2.24, 2.45) is 0 Å². The minimum atomic E-state index is -0.848. The Morgan fingerprint density at radius 1 is 0.731 bits per heavy atom. The van der Waals surface area contributed by atoms with Crippen molar-refractivity contribution in [3.63, 3.8) is 0 Å². The molecule has 0 unspecified atom stereocenters. The minimum Gasteiger partial charge on any atom is -0.421 e. The van der Waals surface area contributed by atoms with Gasteiger partial charge in [0.15, 0.2) is 17.2 Å². The number of carbonyl (C=O) groups is 3. The fourth-order valence-corrected chi connectivity index (χ4v) is 2.31. The molecule has 0 heterocycles. The van der Waals surface area contributed by atoms with Crippen LogP contribution in [0.15, 0.2) is 62.2 Å². The molecule has 0 N–H and O–H groups in total. The molecule has 7 heteroatoms. The van der Waals surface area contributed by atoms with E-state index < -0.39 is 17.9 Å². The summed E-state index contributed by atoms with van der Waals surface area (Å²) in [5, 5.41) is 0.449. The minimum absolute atomic E-state index is 0.0718. The van der Waals surface area contributed by atoms with E-state index in [1.165, 1.54) is 0 Å². The Bertz CT molecular complexity index is 945. The molecule has 0 amide bonds. The molecule has 0 spiro atoms. The Labute approximate surface area is 153 Å². The second-order valence-electron chi connectivity index (χ2n) is 4.72. The van der Waals surface area contributed by atoms with Crippen LogP contribution in [0.2, 0.25) is 5.02 Å². The van der Waals surface area contributed by atoms with Crippen molar-refractivity contribution in [2.45, 2.75) is 0 Å². The van der Waals surface area contributed by atoms with Crippen LogP contribution in [-0.2, 0) is 14.4 Å². The van der Waals surface area contributed by atoms with Crippen LogP contribution in [0.3, 0.4) is 0 Å². The Morgan fingerprint density at radius 2 is 1.12 bits per heavy atom. The fourth-order valence-electron chi connectivity index (χ4n) is 2.04. The van der Waals surface area contributed by atoms with Gasteiger partial charge in [-0.1, -0.05) is 55.6 Å². The molecule has 132 valence electrons. The van der Waals surface area contributed by atoms with Crippen molar-refractivity contribution < 1.29 is 28.6 Å². The molecule has 0 bridgehead atoms. The standard InChI is InChI=1S/C19H13ClO6/c1-4-13(21)24-17-11-9-7-8-10-12(11)18(25-14(22)5-2)19(16(17)20)26-15(23)6-3/h4-10H,1-3H2. The first-order valence-electron chi connectivity index (χ1n) is 7.19. The van der Waals surface area contributed by atoms with Crippen molar-refractivity contribution in [2.75, 3.05) is 0 Å². The molecular weight excluding hydrogens is 360 g/mol. The largest absolute Gasteiger partial charge is 0.421 e. The van der Waals surface area contributed by atoms with E-state index >= 15 is 0 Å². The highest BCUT2D eigenvalue weighted by Crippen LogP contribution is 2.49. The number of benzene rings is 2. The van der Waals surface area contributed by atoms with Gasteiger partial charge in [-0.25, -0.2) is 14.4 Å². The van der Waals surface area contributed by atoms with E-state index in [2.05, 4.69) is 19.7 Å². The molecular formula is C19H13ClO6. The summed E-state index contributed by atoms with van der Waals surface area (Å²) in [5.41, 5.74) is 0. The van der Waals surface area contributed by atoms with Crippen LogP contribution in [0.25, 0.3) is 10.8 Å². The maximum atomic E-state index is 11.7. The van der Waals surface area contributed by atoms with Gasteiger partial charge in [-0.3, -0.25) is 0 Å². The van der Waals surface area contributed by atoms with Crippen molar-refractivity contribution in [1.29, 1.82) is 0 Å². The molecule has 0 atom stereocenters. The van der Waals surface area contributed by atoms with Gasteiger partial charge in [-0.05, 0) is 0 Å². The summed E-state index contributed by atoms with van der Waals surface area (Å²) >= 11 is 6.28. The average molecular weight is 373 g/mol. The highest BCUT2D eigenvalue weighted by atomic mass is 35.5. The smallest absolute Gasteiger partial charge is 0.335 e. The Morgan fingerprint density at radius 3 is 1.58 bits per heavy atom. The zero-order valence-corrected chi connectivity index (χ0v) is 14.2. The van der Waals surface area contributed by atoms with Crippen molar-refractivity contribution in [1.82, 2.24) is 0 Å². The van der Waals surface area contributed by atoms with Crippen LogP contribution in [-0.4, -0.2) is 17.9 Å². The number of hydrogen-bond acceptors (Lipinski definition) is 6. The highest BCUT2D eigenvalue weighted by Gasteiger charge is 2.25. The number of ether oxygens (including phenoxy) is 3. The second-order valence-corrected chi connectivity index (χ2v) is 5.10. The summed E-state index contributed by atoms with van der Waals surface area (Å²) in [6, 6.07) is 6.49. The molecule has 2 rings (SSSR count). The van der Waals surface area contributed by atoms with E-state index in [1.807, 2.05) is 0 Å². The molecule has 2 aromatic rings. The number of hydrogen-bond donors (Lipinski definition) is 0. The van der Waals surface area contributed by atoms with E-state index in [0.717, 1.165) is 18.2 Å². The topological polar surface area (TPSA) is 78.9 Å². The molecule has 0 radical (unpaired) electrons. The third kappa shape index (κ3) is 3.81. The van der Waals surface area contributed by atoms with Crippen LogP contribution < -0.4 is 14.2 Å². The number of esters is 3. The van der Waals surface area contributed by atoms with Crippen molar-refractivity contribution in [3.05, 3.63) is 67.3 Å². The van der Waals surface area contributed by atoms with E-state index in [1.54, 1.807) is 24.3 Å². The molecule has 26 heavy (non-hydrogen) atoms. The third-order valence-electron chi connectivity index (χ3n) is 3.13. The Hall–Kier alpha value is -3.38. The maximum Gasteiger partial charge on any atom is 0.335 e. The monoisotopic (exact) mass is 372 g/mol. The Kier molecular flexibility index (Phi) is 5.93. The quantitative estimate of drug-likeness (QED) is 0.436. The summed E-state index contributed by atoms with van der Waals surface area (Å²) in [6.45, 7) is 9.94. The van der Waals surface area contributed by atoms with Gasteiger partial charge in [0.2, 0.25) is 0 Å². The predicted octanol–water partition coefficient (Wildman–Crippen LogP) is 3.77. The normalized spacial score (nSPS) is 9.88. The number of carbonyl (C=O) groups excluding carboxylic acids is 3. The van der Waals surface area contributed by atoms with Crippen LogP contribution in [0.5, 0.6) is 17.2 Å². The lowest BCUT2D eigenvalue weighted by Crippen LogP contribution is -2.11. The highest BCUT2D eigenvalue weighted by molar-refractivity contribution is 6.36. The number of fused-ring (bicyclic) bond motifs is 1. The van der Waals surface area contributed by atoms with Gasteiger partial charge in [0.25, 0.3) is 0 Å². The molecule has 0 saturated carbocycles. The lowest BCUT2D eigenvalue weighted by molar-refractivity contribution is -0.131. The van der Waals surface area contributed by atoms with E-state index in [-0.39, 0.29) is 22.3 Å². The SMILES string of the molecule is C=CC(=O)Oc1c(Cl)c(OC(=O)C=C)c2ccccc2c1OC(=O)C=C. The number of rotatable bonds is 6. The van der Waals surface area contributed by atoms with Gasteiger partial charge in [0.1, 0.15) is 5.02 Å². The van der Waals surface area contributed by atoms with Crippen molar-refractivity contribution in [3.8, 4) is 17.2 Å². The van der Waals surface area contributed by atoms with E-state index in [0.29, 0.717) is 10.8 Å². The van der Waals surface area contributed by atoms with Crippen molar-refractivity contribution >= 4 is 40.3 Å². The van der Waals surface area contributed by atoms with E-state index in [9.17, 15) is 14.4 Å². The predicted molar refractivity (Wildman–Crippen MR) is 96.5 cm³/mol. The van der Waals surface area contributed by atoms with Crippen LogP contribution in [0, 0.1) is 0 Å². The molecule has 2 aromatic carbocycles. The zero-order valence-electron chi connectivity index (χ0n) is 13.5. The maximum absolute atomic E-state index is 11.7.